The van der Waals surface area contributed by atoms with Gasteiger partial charge in [0, 0.05) is 33.3 Å². The van der Waals surface area contributed by atoms with Gasteiger partial charge in [0.15, 0.2) is 0 Å². The fourth-order valence-electron chi connectivity index (χ4n) is 1.09. The molecule has 0 unspecified atom stereocenters. The summed E-state index contributed by atoms with van der Waals surface area (Å²) in [6.45, 7) is 0. The maximum absolute atomic E-state index is 9.31. The molecule has 0 fully saturated rings. The van der Waals surface area contributed by atoms with Gasteiger partial charge < -0.3 is 5.11 Å². The minimum absolute atomic E-state index is 0. The summed E-state index contributed by atoms with van der Waals surface area (Å²) in [6.07, 6.45) is 1.67. The van der Waals surface area contributed by atoms with Crippen LogP contribution in [-0.4, -0.2) is 70.9 Å². The molecule has 5 heteroatoms. The van der Waals surface area contributed by atoms with Gasteiger partial charge in [0.1, 0.15) is 11.3 Å². The number of para-hydroxylation sites is 1. The average Bonchev–Trinajstić information content (AvgIpc) is 2.06. The third-order valence-corrected chi connectivity index (χ3v) is 1.61. The Balaban J connectivity index is 0. The van der Waals surface area contributed by atoms with E-state index in [2.05, 4.69) is 4.98 Å². The van der Waals surface area contributed by atoms with E-state index in [-0.39, 0.29) is 88.3 Å². The fraction of sp³-hybridized carbons (Fsp3) is 0. The Labute approximate surface area is 144 Å². The number of phenols is 1. The van der Waals surface area contributed by atoms with E-state index in [0.717, 1.165) is 5.39 Å². The van der Waals surface area contributed by atoms with E-state index in [0.29, 0.717) is 5.52 Å². The molecule has 0 saturated heterocycles. The molecule has 0 spiro atoms. The molecule has 0 aliphatic heterocycles. The van der Waals surface area contributed by atoms with Crippen LogP contribution >= 0.6 is 0 Å². The molecule has 66 valence electrons. The van der Waals surface area contributed by atoms with E-state index in [9.17, 15) is 5.11 Å². The number of aromatic nitrogens is 1. The molecular formula is C9H11CaMgNOTi. The van der Waals surface area contributed by atoms with Crippen LogP contribution in [0.4, 0.5) is 0 Å². The fourth-order valence-corrected chi connectivity index (χ4v) is 1.09. The van der Waals surface area contributed by atoms with Crippen LogP contribution in [0, 0.1) is 0 Å². The van der Waals surface area contributed by atoms with Gasteiger partial charge in [0.25, 0.3) is 0 Å². The topological polar surface area (TPSA) is 33.1 Å². The van der Waals surface area contributed by atoms with E-state index >= 15 is 0 Å². The third-order valence-electron chi connectivity index (χ3n) is 1.61. The Bertz CT molecular complexity index is 394. The molecule has 0 saturated carbocycles. The summed E-state index contributed by atoms with van der Waals surface area (Å²) in [5.41, 5.74) is 0.662. The van der Waals surface area contributed by atoms with E-state index in [1.165, 1.54) is 0 Å². The second-order valence-corrected chi connectivity index (χ2v) is 2.35. The minimum atomic E-state index is 0. The van der Waals surface area contributed by atoms with Gasteiger partial charge >= 0.3 is 60.8 Å². The number of nitrogens with zero attached hydrogens (tertiary/aromatic N) is 1. The van der Waals surface area contributed by atoms with Crippen LogP contribution in [0.5, 0.6) is 5.75 Å². The summed E-state index contributed by atoms with van der Waals surface area (Å²) in [5, 5.41) is 10.3. The Morgan fingerprint density at radius 1 is 1.07 bits per heavy atom. The average molecular weight is 261 g/mol. The normalized spacial score (nSPS) is 8.00. The number of fused-ring (bicyclic) bond motifs is 1. The van der Waals surface area contributed by atoms with Crippen LogP contribution < -0.4 is 0 Å². The van der Waals surface area contributed by atoms with Crippen molar-refractivity contribution < 1.29 is 26.8 Å². The van der Waals surface area contributed by atoms with E-state index < -0.39 is 0 Å². The summed E-state index contributed by atoms with van der Waals surface area (Å²) < 4.78 is 0. The number of rotatable bonds is 0. The van der Waals surface area contributed by atoms with E-state index in [1.807, 2.05) is 18.2 Å². The Hall–Kier alpha value is 1.17. The maximum atomic E-state index is 9.31. The van der Waals surface area contributed by atoms with Crippen molar-refractivity contribution in [1.29, 1.82) is 0 Å². The zero-order chi connectivity index (χ0) is 7.68. The molecule has 0 radical (unpaired) electrons. The van der Waals surface area contributed by atoms with Crippen LogP contribution in [0.3, 0.4) is 0 Å². The minimum Gasteiger partial charge on any atom is 0 e. The standard InChI is InChI=1S/C9H7NO.Ca.Mg.Ti.4H/c11-8-5-1-3-7-4-2-6-10-9(7)8;;;;;;;/h1-6,11H;;;;;;;. The number of aromatic hydroxyl groups is 1. The van der Waals surface area contributed by atoms with Gasteiger partial charge in [-0.15, -0.1) is 0 Å². The molecule has 1 aromatic heterocycles. The molecule has 14 heavy (non-hydrogen) atoms. The predicted octanol–water partition coefficient (Wildman–Crippen LogP) is 0.105. The Kier molecular flexibility index (Phi) is 10.5. The van der Waals surface area contributed by atoms with Crippen LogP contribution in [0.1, 0.15) is 0 Å². The molecule has 0 aliphatic rings. The number of hydrogen-bond donors (Lipinski definition) is 1. The van der Waals surface area contributed by atoms with Crippen molar-refractivity contribution in [3.05, 3.63) is 36.5 Å². The van der Waals surface area contributed by atoms with Gasteiger partial charge in [-0.05, 0) is 12.1 Å². The summed E-state index contributed by atoms with van der Waals surface area (Å²) in [4.78, 5) is 4.03. The zero-order valence-corrected chi connectivity index (χ0v) is 7.92. The largest absolute Gasteiger partial charge is 0.316 e. The van der Waals surface area contributed by atoms with Gasteiger partial charge in [-0.1, -0.05) is 18.2 Å². The van der Waals surface area contributed by atoms with Crippen molar-refractivity contribution in [2.45, 2.75) is 0 Å². The number of benzene rings is 1. The van der Waals surface area contributed by atoms with Gasteiger partial charge in [-0.3, -0.25) is 4.98 Å². The molecule has 0 bridgehead atoms. The monoisotopic (exact) mass is 261 g/mol. The van der Waals surface area contributed by atoms with Gasteiger partial charge in [-0.2, -0.15) is 0 Å². The molecule has 1 aromatic carbocycles. The van der Waals surface area contributed by atoms with Crippen molar-refractivity contribution in [2.24, 2.45) is 0 Å². The predicted molar refractivity (Wildman–Crippen MR) is 60.5 cm³/mol. The van der Waals surface area contributed by atoms with Crippen LogP contribution in [0.2, 0.25) is 0 Å². The van der Waals surface area contributed by atoms with Crippen molar-refractivity contribution in [2.75, 3.05) is 0 Å². The molecule has 0 atom stereocenters. The van der Waals surface area contributed by atoms with Crippen molar-refractivity contribution in [1.82, 2.24) is 4.98 Å². The second-order valence-electron chi connectivity index (χ2n) is 2.35. The van der Waals surface area contributed by atoms with Crippen LogP contribution in [0.25, 0.3) is 10.9 Å². The van der Waals surface area contributed by atoms with Crippen molar-refractivity contribution in [3.8, 4) is 5.75 Å². The van der Waals surface area contributed by atoms with Crippen LogP contribution in [-0.2, 0) is 21.7 Å². The number of pyridine rings is 1. The van der Waals surface area contributed by atoms with Crippen LogP contribution in [0.15, 0.2) is 36.5 Å². The van der Waals surface area contributed by atoms with Crippen molar-refractivity contribution in [3.63, 3.8) is 0 Å². The first-order chi connectivity index (χ1) is 5.38. The molecule has 2 nitrogen and oxygen atoms in total. The summed E-state index contributed by atoms with van der Waals surface area (Å²) in [7, 11) is 0. The zero-order valence-electron chi connectivity index (χ0n) is 6.36. The van der Waals surface area contributed by atoms with Gasteiger partial charge in [0.05, 0.1) is 0 Å². The quantitative estimate of drug-likeness (QED) is 0.683. The first kappa shape index (κ1) is 17.6. The molecule has 2 aromatic rings. The summed E-state index contributed by atoms with van der Waals surface area (Å²) in [6, 6.07) is 9.13. The maximum Gasteiger partial charge on any atom is 0.316 e. The SMILES string of the molecule is Oc1cccc2cccnc12.[CaH2].[MgH2].[Ti]. The molecule has 0 amide bonds. The summed E-state index contributed by atoms with van der Waals surface area (Å²) >= 11 is 0. The first-order valence-electron chi connectivity index (χ1n) is 3.40. The number of phenolic OH excluding ortho intramolecular Hbond substituents is 1. The molecule has 1 N–H and O–H groups in total. The Morgan fingerprint density at radius 2 is 1.71 bits per heavy atom. The second kappa shape index (κ2) is 8.34. The van der Waals surface area contributed by atoms with Gasteiger partial charge in [0.2, 0.25) is 0 Å². The molecule has 2 rings (SSSR count). The third kappa shape index (κ3) is 3.97. The molecule has 1 heterocycles. The summed E-state index contributed by atoms with van der Waals surface area (Å²) in [5.74, 6) is 0.239. The first-order valence-corrected chi connectivity index (χ1v) is 3.40. The smallest absolute Gasteiger partial charge is 0 e. The number of hydrogen-bond acceptors (Lipinski definition) is 2. The van der Waals surface area contributed by atoms with E-state index in [1.54, 1.807) is 18.3 Å². The molecular weight excluding hydrogens is 250 g/mol. The van der Waals surface area contributed by atoms with E-state index in [4.69, 9.17) is 0 Å². The molecule has 0 aliphatic carbocycles. The van der Waals surface area contributed by atoms with Crippen molar-refractivity contribution >= 4 is 71.7 Å². The van der Waals surface area contributed by atoms with Gasteiger partial charge in [-0.25, -0.2) is 0 Å². The Morgan fingerprint density at radius 3 is 2.36 bits per heavy atom.